The fraction of sp³-hybridized carbons (Fsp3) is 0.267. The van der Waals surface area contributed by atoms with Gasteiger partial charge in [0.1, 0.15) is 5.41 Å². The highest BCUT2D eigenvalue weighted by atomic mass is 35.5. The molecule has 1 saturated heterocycles. The predicted octanol–water partition coefficient (Wildman–Crippen LogP) is 5.78. The van der Waals surface area contributed by atoms with Gasteiger partial charge in [-0.1, -0.05) is 74.9 Å². The summed E-state index contributed by atoms with van der Waals surface area (Å²) in [5, 5.41) is 0.577. The lowest BCUT2D eigenvalue weighted by Crippen LogP contribution is -2.49. The van der Waals surface area contributed by atoms with Crippen molar-refractivity contribution in [3.63, 3.8) is 0 Å². The SMILES string of the molecule is CC(C)(C)C(=O)C1C(c2cccnc2)C2(C(=O)c3ccccc3C2=O)C2C=Cc3cc(Cl)ccc3N12. The molecule has 5 nitrogen and oxygen atoms in total. The van der Waals surface area contributed by atoms with Gasteiger partial charge in [0.25, 0.3) is 0 Å². The Bertz CT molecular complexity index is 1440. The summed E-state index contributed by atoms with van der Waals surface area (Å²) >= 11 is 6.31. The molecule has 3 unspecified atom stereocenters. The summed E-state index contributed by atoms with van der Waals surface area (Å²) in [5.74, 6) is -1.23. The topological polar surface area (TPSA) is 67.3 Å². The number of anilines is 1. The first-order valence-electron chi connectivity index (χ1n) is 12.1. The number of ketones is 3. The third-order valence-electron chi connectivity index (χ3n) is 7.82. The quantitative estimate of drug-likeness (QED) is 0.420. The number of aromatic nitrogens is 1. The molecule has 0 radical (unpaired) electrons. The van der Waals surface area contributed by atoms with Crippen molar-refractivity contribution >= 4 is 40.7 Å². The molecule has 1 fully saturated rings. The minimum absolute atomic E-state index is 0.0361. The fourth-order valence-corrected chi connectivity index (χ4v) is 6.51. The van der Waals surface area contributed by atoms with E-state index in [1.807, 2.05) is 56.0 Å². The molecular formula is C30H25ClN2O3. The van der Waals surface area contributed by atoms with Crippen molar-refractivity contribution in [3.05, 3.63) is 100 Å². The van der Waals surface area contributed by atoms with Gasteiger partial charge < -0.3 is 4.90 Å². The molecule has 1 aliphatic carbocycles. The molecule has 2 aromatic carbocycles. The lowest BCUT2D eigenvalue weighted by atomic mass is 9.63. The zero-order chi connectivity index (χ0) is 25.4. The van der Waals surface area contributed by atoms with Crippen molar-refractivity contribution in [3.8, 4) is 0 Å². The van der Waals surface area contributed by atoms with Crippen LogP contribution in [0.5, 0.6) is 0 Å². The molecule has 0 amide bonds. The lowest BCUT2D eigenvalue weighted by Gasteiger charge is -2.38. The van der Waals surface area contributed by atoms with Crippen LogP contribution in [0.15, 0.2) is 73.1 Å². The summed E-state index contributed by atoms with van der Waals surface area (Å²) in [6.45, 7) is 5.64. The summed E-state index contributed by atoms with van der Waals surface area (Å²) < 4.78 is 0. The molecule has 3 atom stereocenters. The van der Waals surface area contributed by atoms with Crippen LogP contribution in [0.3, 0.4) is 0 Å². The Kier molecular flexibility index (Phi) is 4.90. The van der Waals surface area contributed by atoms with Crippen LogP contribution < -0.4 is 4.90 Å². The van der Waals surface area contributed by atoms with Crippen LogP contribution in [-0.2, 0) is 4.79 Å². The first-order chi connectivity index (χ1) is 17.2. The number of Topliss-reactive ketones (excluding diaryl/α,β-unsaturated/α-hetero) is 3. The number of benzene rings is 2. The zero-order valence-electron chi connectivity index (χ0n) is 20.2. The molecule has 3 aromatic rings. The molecule has 36 heavy (non-hydrogen) atoms. The van der Waals surface area contributed by atoms with E-state index in [1.54, 1.807) is 48.8 Å². The van der Waals surface area contributed by atoms with Crippen molar-refractivity contribution in [2.45, 2.75) is 38.8 Å². The Hall–Kier alpha value is -3.57. The summed E-state index contributed by atoms with van der Waals surface area (Å²) in [5.41, 5.74) is 0.956. The third-order valence-corrected chi connectivity index (χ3v) is 8.05. The van der Waals surface area contributed by atoms with Crippen molar-refractivity contribution in [2.75, 3.05) is 4.90 Å². The number of pyridine rings is 1. The number of nitrogens with zero attached hydrogens (tertiary/aromatic N) is 2. The first-order valence-corrected chi connectivity index (χ1v) is 12.4. The molecular weight excluding hydrogens is 472 g/mol. The van der Waals surface area contributed by atoms with E-state index >= 15 is 0 Å². The number of halogens is 1. The molecule has 6 heteroatoms. The monoisotopic (exact) mass is 496 g/mol. The second kappa shape index (κ2) is 7.71. The highest BCUT2D eigenvalue weighted by molar-refractivity contribution is 6.32. The van der Waals surface area contributed by atoms with Gasteiger partial charge in [-0.25, -0.2) is 0 Å². The maximum Gasteiger partial charge on any atom is 0.180 e. The van der Waals surface area contributed by atoms with Gasteiger partial charge in [-0.05, 0) is 35.4 Å². The highest BCUT2D eigenvalue weighted by Gasteiger charge is 2.72. The average molecular weight is 497 g/mol. The van der Waals surface area contributed by atoms with E-state index in [0.717, 1.165) is 11.3 Å². The number of hydrogen-bond donors (Lipinski definition) is 0. The average Bonchev–Trinajstić information content (AvgIpc) is 3.29. The van der Waals surface area contributed by atoms with Crippen molar-refractivity contribution in [2.24, 2.45) is 10.8 Å². The van der Waals surface area contributed by atoms with Gasteiger partial charge in [0.05, 0.1) is 12.1 Å². The number of hydrogen-bond acceptors (Lipinski definition) is 5. The van der Waals surface area contributed by atoms with Gasteiger partial charge >= 0.3 is 0 Å². The van der Waals surface area contributed by atoms with Gasteiger partial charge in [0.2, 0.25) is 0 Å². The molecule has 1 spiro atoms. The number of carbonyl (C=O) groups is 3. The van der Waals surface area contributed by atoms with Gasteiger partial charge in [-0.15, -0.1) is 0 Å². The van der Waals surface area contributed by atoms with E-state index in [9.17, 15) is 14.4 Å². The van der Waals surface area contributed by atoms with E-state index in [1.165, 1.54) is 0 Å². The van der Waals surface area contributed by atoms with E-state index in [4.69, 9.17) is 11.6 Å². The molecule has 3 heterocycles. The van der Waals surface area contributed by atoms with Gasteiger partial charge in [-0.3, -0.25) is 19.4 Å². The smallest absolute Gasteiger partial charge is 0.180 e. The number of carbonyl (C=O) groups excluding carboxylic acids is 3. The van der Waals surface area contributed by atoms with Crippen molar-refractivity contribution in [1.82, 2.24) is 4.98 Å². The van der Waals surface area contributed by atoms with E-state index in [0.29, 0.717) is 21.7 Å². The van der Waals surface area contributed by atoms with Crippen LogP contribution in [0, 0.1) is 10.8 Å². The molecule has 2 aliphatic heterocycles. The number of rotatable bonds is 2. The maximum absolute atomic E-state index is 14.4. The summed E-state index contributed by atoms with van der Waals surface area (Å²) in [7, 11) is 0. The molecule has 0 N–H and O–H groups in total. The minimum Gasteiger partial charge on any atom is -0.352 e. The van der Waals surface area contributed by atoms with E-state index in [2.05, 4.69) is 4.98 Å². The van der Waals surface area contributed by atoms with Crippen LogP contribution in [0.4, 0.5) is 5.69 Å². The molecule has 0 saturated carbocycles. The molecule has 0 bridgehead atoms. The Labute approximate surface area is 214 Å². The second-order valence-electron chi connectivity index (χ2n) is 10.8. The van der Waals surface area contributed by atoms with Crippen LogP contribution in [0.25, 0.3) is 6.08 Å². The van der Waals surface area contributed by atoms with E-state index < -0.39 is 28.8 Å². The normalized spacial score (nSPS) is 23.6. The minimum atomic E-state index is -1.49. The zero-order valence-corrected chi connectivity index (χ0v) is 21.0. The van der Waals surface area contributed by atoms with Crippen molar-refractivity contribution in [1.29, 1.82) is 0 Å². The van der Waals surface area contributed by atoms with Crippen LogP contribution in [0.1, 0.15) is 58.5 Å². The third kappa shape index (κ3) is 2.89. The van der Waals surface area contributed by atoms with Gasteiger partial charge in [0, 0.05) is 45.6 Å². The Morgan fingerprint density at radius 2 is 1.69 bits per heavy atom. The predicted molar refractivity (Wildman–Crippen MR) is 140 cm³/mol. The number of fused-ring (bicyclic) bond motifs is 5. The summed E-state index contributed by atoms with van der Waals surface area (Å²) in [4.78, 5) is 49.4. The standard InChI is InChI=1S/C30H25ClN2O3/c1-29(2,3)28(36)25-24(18-7-6-14-32-16-18)30(26(34)20-8-4-5-9-21(20)27(30)35)23-13-10-17-15-19(31)11-12-22(17)33(23)25/h4-16,23-25H,1-3H3. The first kappa shape index (κ1) is 22.9. The fourth-order valence-electron chi connectivity index (χ4n) is 6.32. The second-order valence-corrected chi connectivity index (χ2v) is 11.2. The molecule has 1 aromatic heterocycles. The summed E-state index contributed by atoms with van der Waals surface area (Å²) in [6, 6.07) is 14.8. The van der Waals surface area contributed by atoms with Gasteiger partial charge in [0.15, 0.2) is 17.3 Å². The van der Waals surface area contributed by atoms with E-state index in [-0.39, 0.29) is 17.3 Å². The molecule has 180 valence electrons. The van der Waals surface area contributed by atoms with Crippen LogP contribution in [0.2, 0.25) is 5.02 Å². The Morgan fingerprint density at radius 1 is 1.00 bits per heavy atom. The lowest BCUT2D eigenvalue weighted by molar-refractivity contribution is -0.127. The van der Waals surface area contributed by atoms with Crippen LogP contribution >= 0.6 is 11.6 Å². The largest absolute Gasteiger partial charge is 0.352 e. The maximum atomic E-state index is 14.4. The molecule has 3 aliphatic rings. The molecule has 6 rings (SSSR count). The Balaban J connectivity index is 1.70. The highest BCUT2D eigenvalue weighted by Crippen LogP contribution is 2.61. The van der Waals surface area contributed by atoms with Gasteiger partial charge in [-0.2, -0.15) is 0 Å². The Morgan fingerprint density at radius 3 is 2.31 bits per heavy atom. The summed E-state index contributed by atoms with van der Waals surface area (Å²) in [6.07, 6.45) is 7.16. The van der Waals surface area contributed by atoms with Crippen LogP contribution in [-0.4, -0.2) is 34.4 Å². The van der Waals surface area contributed by atoms with Crippen molar-refractivity contribution < 1.29 is 14.4 Å².